The fourth-order valence-electron chi connectivity index (χ4n) is 3.49. The van der Waals surface area contributed by atoms with Crippen LogP contribution in [0.5, 0.6) is 11.5 Å². The first-order valence-corrected chi connectivity index (χ1v) is 10.5. The zero-order chi connectivity index (χ0) is 22.1. The number of ether oxygens (including phenoxy) is 2. The lowest BCUT2D eigenvalue weighted by Crippen LogP contribution is -2.34. The van der Waals surface area contributed by atoms with Crippen molar-refractivity contribution in [1.29, 1.82) is 5.26 Å². The number of fused-ring (bicyclic) bond motifs is 1. The number of carbonyl (C=O) groups is 2. The van der Waals surface area contributed by atoms with Gasteiger partial charge in [0.15, 0.2) is 11.5 Å². The van der Waals surface area contributed by atoms with E-state index in [1.165, 1.54) is 0 Å². The summed E-state index contributed by atoms with van der Waals surface area (Å²) in [5.74, 6) is 1.02. The van der Waals surface area contributed by atoms with Crippen LogP contribution in [0.2, 0.25) is 0 Å². The van der Waals surface area contributed by atoms with Crippen LogP contribution in [-0.4, -0.2) is 31.6 Å². The van der Waals surface area contributed by atoms with Crippen molar-refractivity contribution in [2.24, 2.45) is 0 Å². The molecule has 2 aromatic rings. The van der Waals surface area contributed by atoms with Gasteiger partial charge in [-0.2, -0.15) is 5.26 Å². The monoisotopic (exact) mass is 421 g/mol. The second kappa shape index (κ2) is 11.0. The van der Waals surface area contributed by atoms with Crippen molar-refractivity contribution in [3.63, 3.8) is 0 Å². The number of rotatable bonds is 9. The molecule has 2 amide bonds. The SMILES string of the molecule is CCC(NC(=O)CCC(=O)N(CCC#N)c1ccccc1)c1ccc2c(c1)OCCO2. The fraction of sp³-hybridized carbons (Fsp3) is 0.375. The summed E-state index contributed by atoms with van der Waals surface area (Å²) in [5.41, 5.74) is 1.66. The minimum Gasteiger partial charge on any atom is -0.486 e. The molecule has 1 aliphatic heterocycles. The predicted molar refractivity (Wildman–Crippen MR) is 117 cm³/mol. The lowest BCUT2D eigenvalue weighted by molar-refractivity contribution is -0.125. The molecule has 0 radical (unpaired) electrons. The van der Waals surface area contributed by atoms with E-state index >= 15 is 0 Å². The van der Waals surface area contributed by atoms with Crippen LogP contribution >= 0.6 is 0 Å². The average molecular weight is 421 g/mol. The van der Waals surface area contributed by atoms with Gasteiger partial charge in [-0.05, 0) is 36.2 Å². The largest absolute Gasteiger partial charge is 0.486 e. The van der Waals surface area contributed by atoms with E-state index in [4.69, 9.17) is 14.7 Å². The zero-order valence-electron chi connectivity index (χ0n) is 17.7. The Balaban J connectivity index is 1.58. The van der Waals surface area contributed by atoms with Gasteiger partial charge in [0.25, 0.3) is 0 Å². The minimum atomic E-state index is -0.191. The van der Waals surface area contributed by atoms with Gasteiger partial charge in [-0.25, -0.2) is 0 Å². The molecule has 1 unspecified atom stereocenters. The Labute approximate surface area is 182 Å². The van der Waals surface area contributed by atoms with E-state index in [-0.39, 0.29) is 37.1 Å². The molecule has 0 fully saturated rings. The molecule has 3 rings (SSSR count). The average Bonchev–Trinajstić information content (AvgIpc) is 2.81. The Morgan fingerprint density at radius 1 is 1.10 bits per heavy atom. The summed E-state index contributed by atoms with van der Waals surface area (Å²) in [6.45, 7) is 3.33. The molecule has 0 spiro atoms. The zero-order valence-corrected chi connectivity index (χ0v) is 17.7. The van der Waals surface area contributed by atoms with Gasteiger partial charge in [-0.3, -0.25) is 9.59 Å². The van der Waals surface area contributed by atoms with E-state index in [2.05, 4.69) is 11.4 Å². The molecule has 2 aromatic carbocycles. The van der Waals surface area contributed by atoms with Crippen molar-refractivity contribution in [3.8, 4) is 17.6 Å². The molecule has 7 nitrogen and oxygen atoms in total. The Hall–Kier alpha value is -3.53. The van der Waals surface area contributed by atoms with Crippen molar-refractivity contribution in [2.45, 2.75) is 38.6 Å². The van der Waals surface area contributed by atoms with Crippen LogP contribution < -0.4 is 19.7 Å². The number of benzene rings is 2. The predicted octanol–water partition coefficient (Wildman–Crippen LogP) is 3.75. The lowest BCUT2D eigenvalue weighted by atomic mass is 10.0. The van der Waals surface area contributed by atoms with Crippen LogP contribution in [0.3, 0.4) is 0 Å². The molecule has 1 aliphatic rings. The summed E-state index contributed by atoms with van der Waals surface area (Å²) in [5, 5.41) is 11.9. The highest BCUT2D eigenvalue weighted by Gasteiger charge is 2.20. The van der Waals surface area contributed by atoms with Crippen LogP contribution in [0.1, 0.15) is 44.2 Å². The van der Waals surface area contributed by atoms with Gasteiger partial charge in [0, 0.05) is 25.1 Å². The highest BCUT2D eigenvalue weighted by Crippen LogP contribution is 2.33. The minimum absolute atomic E-state index is 0.0731. The quantitative estimate of drug-likeness (QED) is 0.666. The molecule has 0 aliphatic carbocycles. The van der Waals surface area contributed by atoms with E-state index in [1.54, 1.807) is 4.90 Å². The molecule has 1 heterocycles. The standard InChI is InChI=1S/C24H27N3O4/c1-2-20(18-9-10-21-22(17-18)31-16-15-30-21)26-23(28)11-12-24(29)27(14-6-13-25)19-7-4-3-5-8-19/h3-5,7-10,17,20H,2,6,11-12,14-16H2,1H3,(H,26,28). The van der Waals surface area contributed by atoms with Crippen molar-refractivity contribution in [3.05, 3.63) is 54.1 Å². The van der Waals surface area contributed by atoms with E-state index in [9.17, 15) is 9.59 Å². The van der Waals surface area contributed by atoms with E-state index in [0.29, 0.717) is 37.7 Å². The summed E-state index contributed by atoms with van der Waals surface area (Å²) < 4.78 is 11.2. The van der Waals surface area contributed by atoms with E-state index in [0.717, 1.165) is 11.3 Å². The van der Waals surface area contributed by atoms with Crippen LogP contribution in [0.25, 0.3) is 0 Å². The van der Waals surface area contributed by atoms with Gasteiger partial charge in [0.05, 0.1) is 18.5 Å². The molecule has 162 valence electrons. The van der Waals surface area contributed by atoms with Crippen molar-refractivity contribution in [2.75, 3.05) is 24.7 Å². The molecule has 7 heteroatoms. The number of anilines is 1. The molecule has 1 atom stereocenters. The van der Waals surface area contributed by atoms with Gasteiger partial charge >= 0.3 is 0 Å². The molecule has 0 aromatic heterocycles. The lowest BCUT2D eigenvalue weighted by Gasteiger charge is -2.23. The highest BCUT2D eigenvalue weighted by atomic mass is 16.6. The second-order valence-electron chi connectivity index (χ2n) is 7.22. The number of carbonyl (C=O) groups excluding carboxylic acids is 2. The van der Waals surface area contributed by atoms with Gasteiger partial charge < -0.3 is 19.7 Å². The number of hydrogen-bond acceptors (Lipinski definition) is 5. The summed E-state index contributed by atoms with van der Waals surface area (Å²) in [7, 11) is 0. The third-order valence-electron chi connectivity index (χ3n) is 5.09. The summed E-state index contributed by atoms with van der Waals surface area (Å²) in [6.07, 6.45) is 1.09. The number of nitrogens with one attached hydrogen (secondary N) is 1. The first-order chi connectivity index (χ1) is 15.1. The topological polar surface area (TPSA) is 91.7 Å². The summed E-state index contributed by atoms with van der Waals surface area (Å²) in [4.78, 5) is 26.9. The maximum absolute atomic E-state index is 12.7. The molecular weight excluding hydrogens is 394 g/mol. The maximum Gasteiger partial charge on any atom is 0.227 e. The molecule has 31 heavy (non-hydrogen) atoms. The van der Waals surface area contributed by atoms with E-state index < -0.39 is 0 Å². The molecular formula is C24H27N3O4. The molecule has 0 saturated carbocycles. The van der Waals surface area contributed by atoms with Gasteiger partial charge in [-0.1, -0.05) is 31.2 Å². The Kier molecular flexibility index (Phi) is 7.88. The van der Waals surface area contributed by atoms with Gasteiger partial charge in [0.1, 0.15) is 13.2 Å². The third kappa shape index (κ3) is 5.98. The van der Waals surface area contributed by atoms with Crippen LogP contribution in [0, 0.1) is 11.3 Å². The Morgan fingerprint density at radius 2 is 1.84 bits per heavy atom. The van der Waals surface area contributed by atoms with Crippen molar-refractivity contribution in [1.82, 2.24) is 5.32 Å². The molecule has 1 N–H and O–H groups in total. The maximum atomic E-state index is 12.7. The first kappa shape index (κ1) is 22.2. The van der Waals surface area contributed by atoms with Crippen molar-refractivity contribution < 1.29 is 19.1 Å². The summed E-state index contributed by atoms with van der Waals surface area (Å²) >= 11 is 0. The molecule has 0 bridgehead atoms. The molecule has 0 saturated heterocycles. The summed E-state index contributed by atoms with van der Waals surface area (Å²) in [6, 6.07) is 16.8. The van der Waals surface area contributed by atoms with Crippen LogP contribution in [0.4, 0.5) is 5.69 Å². The Bertz CT molecular complexity index is 940. The second-order valence-corrected chi connectivity index (χ2v) is 7.22. The number of para-hydroxylation sites is 1. The van der Waals surface area contributed by atoms with Crippen LogP contribution in [0.15, 0.2) is 48.5 Å². The number of hydrogen-bond donors (Lipinski definition) is 1. The highest BCUT2D eigenvalue weighted by molar-refractivity contribution is 5.95. The normalized spacial score (nSPS) is 13.0. The van der Waals surface area contributed by atoms with Crippen molar-refractivity contribution >= 4 is 17.5 Å². The Morgan fingerprint density at radius 3 is 2.55 bits per heavy atom. The van der Waals surface area contributed by atoms with Gasteiger partial charge in [0.2, 0.25) is 11.8 Å². The smallest absolute Gasteiger partial charge is 0.227 e. The number of nitriles is 1. The number of amides is 2. The van der Waals surface area contributed by atoms with Crippen LogP contribution in [-0.2, 0) is 9.59 Å². The number of nitrogens with zero attached hydrogens (tertiary/aromatic N) is 2. The fourth-order valence-corrected chi connectivity index (χ4v) is 3.49. The third-order valence-corrected chi connectivity index (χ3v) is 5.09. The van der Waals surface area contributed by atoms with E-state index in [1.807, 2.05) is 55.5 Å². The van der Waals surface area contributed by atoms with Gasteiger partial charge in [-0.15, -0.1) is 0 Å². The first-order valence-electron chi connectivity index (χ1n) is 10.5.